The van der Waals surface area contributed by atoms with E-state index >= 15 is 0 Å². The van der Waals surface area contributed by atoms with Crippen molar-refractivity contribution in [2.75, 3.05) is 36.9 Å². The Morgan fingerprint density at radius 1 is 1.05 bits per heavy atom. The third-order valence-corrected chi connectivity index (χ3v) is 3.80. The molecule has 2 N–H and O–H groups in total. The summed E-state index contributed by atoms with van der Waals surface area (Å²) >= 11 is 0. The van der Waals surface area contributed by atoms with Crippen molar-refractivity contribution < 1.29 is 4.74 Å². The van der Waals surface area contributed by atoms with Gasteiger partial charge in [-0.3, -0.25) is 0 Å². The van der Waals surface area contributed by atoms with Crippen LogP contribution in [0.3, 0.4) is 0 Å². The predicted octanol–water partition coefficient (Wildman–Crippen LogP) is 3.08. The van der Waals surface area contributed by atoms with Gasteiger partial charge in [0.1, 0.15) is 0 Å². The van der Waals surface area contributed by atoms with E-state index in [9.17, 15) is 0 Å². The normalized spacial score (nSPS) is 15.3. The van der Waals surface area contributed by atoms with Crippen molar-refractivity contribution in [2.24, 2.45) is 0 Å². The highest BCUT2D eigenvalue weighted by atomic mass is 16.5. The van der Waals surface area contributed by atoms with Crippen LogP contribution < -0.4 is 10.6 Å². The number of anilines is 2. The molecule has 0 amide bonds. The van der Waals surface area contributed by atoms with E-state index in [4.69, 9.17) is 10.5 Å². The summed E-state index contributed by atoms with van der Waals surface area (Å²) in [6, 6.07) is 14.7. The van der Waals surface area contributed by atoms with Crippen LogP contribution in [-0.2, 0) is 4.74 Å². The van der Waals surface area contributed by atoms with Crippen LogP contribution >= 0.6 is 0 Å². The lowest BCUT2D eigenvalue weighted by Crippen LogP contribution is -2.36. The van der Waals surface area contributed by atoms with Gasteiger partial charge in [0.2, 0.25) is 0 Å². The summed E-state index contributed by atoms with van der Waals surface area (Å²) in [5, 5.41) is 0. The number of benzene rings is 2. The molecule has 1 aliphatic heterocycles. The highest BCUT2D eigenvalue weighted by Gasteiger charge is 2.12. The Bertz CT molecular complexity index is 604. The zero-order chi connectivity index (χ0) is 13.9. The summed E-state index contributed by atoms with van der Waals surface area (Å²) in [4.78, 5) is 2.37. The van der Waals surface area contributed by atoms with Crippen LogP contribution in [0.15, 0.2) is 42.5 Å². The first-order chi connectivity index (χ1) is 9.74. The molecule has 1 aliphatic rings. The molecule has 0 bridgehead atoms. The summed E-state index contributed by atoms with van der Waals surface area (Å²) in [5.41, 5.74) is 11.7. The molecule has 0 unspecified atom stereocenters. The van der Waals surface area contributed by atoms with Crippen molar-refractivity contribution in [1.29, 1.82) is 0 Å². The van der Waals surface area contributed by atoms with Gasteiger partial charge in [-0.25, -0.2) is 0 Å². The molecule has 1 saturated heterocycles. The Morgan fingerprint density at radius 3 is 2.65 bits per heavy atom. The highest BCUT2D eigenvalue weighted by molar-refractivity contribution is 5.74. The van der Waals surface area contributed by atoms with Crippen LogP contribution in [0.25, 0.3) is 11.1 Å². The third-order valence-electron chi connectivity index (χ3n) is 3.80. The maximum absolute atomic E-state index is 5.92. The molecule has 0 aliphatic carbocycles. The molecule has 0 aromatic heterocycles. The van der Waals surface area contributed by atoms with E-state index in [1.165, 1.54) is 22.4 Å². The van der Waals surface area contributed by atoms with E-state index in [2.05, 4.69) is 42.2 Å². The molecule has 0 radical (unpaired) electrons. The SMILES string of the molecule is Cc1ccc(N)cc1-c1cccc(N2CCOCC2)c1. The fourth-order valence-corrected chi connectivity index (χ4v) is 2.64. The summed E-state index contributed by atoms with van der Waals surface area (Å²) in [5.74, 6) is 0. The second kappa shape index (κ2) is 5.55. The number of morpholine rings is 1. The van der Waals surface area contributed by atoms with E-state index in [0.717, 1.165) is 32.0 Å². The Hall–Kier alpha value is -2.00. The topological polar surface area (TPSA) is 38.5 Å². The lowest BCUT2D eigenvalue weighted by molar-refractivity contribution is 0.122. The molecule has 3 heteroatoms. The maximum Gasteiger partial charge on any atom is 0.0642 e. The van der Waals surface area contributed by atoms with E-state index in [1.54, 1.807) is 0 Å². The zero-order valence-corrected chi connectivity index (χ0v) is 11.8. The van der Waals surface area contributed by atoms with Crippen LogP contribution in [0.5, 0.6) is 0 Å². The first kappa shape index (κ1) is 13.0. The predicted molar refractivity (Wildman–Crippen MR) is 84.1 cm³/mol. The van der Waals surface area contributed by atoms with Crippen molar-refractivity contribution in [1.82, 2.24) is 0 Å². The first-order valence-corrected chi connectivity index (χ1v) is 7.03. The number of nitrogens with two attached hydrogens (primary N) is 1. The third kappa shape index (κ3) is 2.63. The minimum absolute atomic E-state index is 0.807. The van der Waals surface area contributed by atoms with Gasteiger partial charge in [0.15, 0.2) is 0 Å². The largest absolute Gasteiger partial charge is 0.399 e. The van der Waals surface area contributed by atoms with Gasteiger partial charge < -0.3 is 15.4 Å². The average molecular weight is 268 g/mol. The second-order valence-electron chi connectivity index (χ2n) is 5.22. The molecule has 1 heterocycles. The number of rotatable bonds is 2. The average Bonchev–Trinajstić information content (AvgIpc) is 2.51. The van der Waals surface area contributed by atoms with Gasteiger partial charge in [-0.15, -0.1) is 0 Å². The minimum Gasteiger partial charge on any atom is -0.399 e. The molecule has 20 heavy (non-hydrogen) atoms. The fourth-order valence-electron chi connectivity index (χ4n) is 2.64. The summed E-state index contributed by atoms with van der Waals surface area (Å²) in [7, 11) is 0. The summed E-state index contributed by atoms with van der Waals surface area (Å²) in [6.45, 7) is 5.65. The van der Waals surface area contributed by atoms with E-state index in [0.29, 0.717) is 0 Å². The van der Waals surface area contributed by atoms with Crippen LogP contribution in [-0.4, -0.2) is 26.3 Å². The molecule has 2 aromatic carbocycles. The Kier molecular flexibility index (Phi) is 3.61. The Morgan fingerprint density at radius 2 is 1.85 bits per heavy atom. The molecule has 1 fully saturated rings. The van der Waals surface area contributed by atoms with Crippen molar-refractivity contribution in [2.45, 2.75) is 6.92 Å². The van der Waals surface area contributed by atoms with Gasteiger partial charge in [-0.05, 0) is 47.9 Å². The highest BCUT2D eigenvalue weighted by Crippen LogP contribution is 2.29. The van der Waals surface area contributed by atoms with E-state index in [-0.39, 0.29) is 0 Å². The monoisotopic (exact) mass is 268 g/mol. The quantitative estimate of drug-likeness (QED) is 0.851. The zero-order valence-electron chi connectivity index (χ0n) is 11.8. The number of nitrogens with zero attached hydrogens (tertiary/aromatic N) is 1. The smallest absolute Gasteiger partial charge is 0.0642 e. The minimum atomic E-state index is 0.807. The van der Waals surface area contributed by atoms with E-state index in [1.807, 2.05) is 12.1 Å². The van der Waals surface area contributed by atoms with E-state index < -0.39 is 0 Å². The lowest BCUT2D eigenvalue weighted by Gasteiger charge is -2.29. The van der Waals surface area contributed by atoms with Gasteiger partial charge in [-0.1, -0.05) is 18.2 Å². The molecular weight excluding hydrogens is 248 g/mol. The molecule has 2 aromatic rings. The molecule has 0 spiro atoms. The number of nitrogen functional groups attached to an aromatic ring is 1. The van der Waals surface area contributed by atoms with Gasteiger partial charge in [0, 0.05) is 24.5 Å². The van der Waals surface area contributed by atoms with Crippen LogP contribution in [0.1, 0.15) is 5.56 Å². The van der Waals surface area contributed by atoms with Gasteiger partial charge in [0.05, 0.1) is 13.2 Å². The van der Waals surface area contributed by atoms with Crippen molar-refractivity contribution in [3.8, 4) is 11.1 Å². The maximum atomic E-state index is 5.92. The Balaban J connectivity index is 1.96. The van der Waals surface area contributed by atoms with Gasteiger partial charge in [0.25, 0.3) is 0 Å². The van der Waals surface area contributed by atoms with Crippen LogP contribution in [0, 0.1) is 6.92 Å². The van der Waals surface area contributed by atoms with Crippen LogP contribution in [0.4, 0.5) is 11.4 Å². The van der Waals surface area contributed by atoms with Gasteiger partial charge in [-0.2, -0.15) is 0 Å². The molecular formula is C17H20N2O. The number of hydrogen-bond donors (Lipinski definition) is 1. The van der Waals surface area contributed by atoms with Gasteiger partial charge >= 0.3 is 0 Å². The number of hydrogen-bond acceptors (Lipinski definition) is 3. The van der Waals surface area contributed by atoms with Crippen molar-refractivity contribution in [3.05, 3.63) is 48.0 Å². The molecule has 104 valence electrons. The standard InChI is InChI=1S/C17H20N2O/c1-13-5-6-15(18)12-17(13)14-3-2-4-16(11-14)19-7-9-20-10-8-19/h2-6,11-12H,7-10,18H2,1H3. The number of ether oxygens (including phenoxy) is 1. The molecule has 0 atom stereocenters. The first-order valence-electron chi connectivity index (χ1n) is 7.03. The van der Waals surface area contributed by atoms with Crippen LogP contribution in [0.2, 0.25) is 0 Å². The fraction of sp³-hybridized carbons (Fsp3) is 0.294. The van der Waals surface area contributed by atoms with Crippen molar-refractivity contribution in [3.63, 3.8) is 0 Å². The summed E-state index contributed by atoms with van der Waals surface area (Å²) < 4.78 is 5.41. The molecule has 3 rings (SSSR count). The molecule has 3 nitrogen and oxygen atoms in total. The molecule has 0 saturated carbocycles. The second-order valence-corrected chi connectivity index (χ2v) is 5.22. The number of aryl methyl sites for hydroxylation is 1. The summed E-state index contributed by atoms with van der Waals surface area (Å²) in [6.07, 6.45) is 0. The lowest BCUT2D eigenvalue weighted by atomic mass is 9.99. The van der Waals surface area contributed by atoms with Crippen molar-refractivity contribution >= 4 is 11.4 Å². The Labute approximate surface area is 120 Å².